The maximum absolute atomic E-state index is 13.2. The molecule has 0 aliphatic carbocycles. The maximum Gasteiger partial charge on any atom is 0.268 e. The molecule has 0 radical (unpaired) electrons. The van der Waals surface area contributed by atoms with Crippen molar-refractivity contribution in [2.45, 2.75) is 6.54 Å². The highest BCUT2D eigenvalue weighted by Gasteiger charge is 2.18. The molecule has 2 heterocycles. The molecule has 4 aromatic rings. The molecular weight excluding hydrogens is 444 g/mol. The number of para-hydroxylation sites is 1. The second-order valence-electron chi connectivity index (χ2n) is 7.80. The van der Waals surface area contributed by atoms with Gasteiger partial charge in [0.25, 0.3) is 11.8 Å². The summed E-state index contributed by atoms with van der Waals surface area (Å²) in [6.45, 7) is 0.221. The summed E-state index contributed by atoms with van der Waals surface area (Å²) in [5.74, 6) is 0.0332. The number of methoxy groups -OCH3 is 2. The van der Waals surface area contributed by atoms with Gasteiger partial charge in [-0.15, -0.1) is 0 Å². The molecule has 2 amide bonds. The van der Waals surface area contributed by atoms with Crippen molar-refractivity contribution in [1.29, 1.82) is 0 Å². The third kappa shape index (κ3) is 5.33. The Morgan fingerprint density at radius 3 is 2.51 bits per heavy atom. The number of hydrogen-bond donors (Lipinski definition) is 2. The van der Waals surface area contributed by atoms with Crippen molar-refractivity contribution in [2.24, 2.45) is 7.05 Å². The van der Waals surface area contributed by atoms with E-state index < -0.39 is 11.8 Å². The number of fused-ring (bicyclic) bond motifs is 1. The van der Waals surface area contributed by atoms with Gasteiger partial charge in [0, 0.05) is 41.5 Å². The van der Waals surface area contributed by atoms with Crippen molar-refractivity contribution in [1.82, 2.24) is 20.2 Å². The van der Waals surface area contributed by atoms with Gasteiger partial charge in [-0.3, -0.25) is 14.6 Å². The van der Waals surface area contributed by atoms with Gasteiger partial charge in [0.1, 0.15) is 5.70 Å². The number of pyridine rings is 1. The lowest BCUT2D eigenvalue weighted by Gasteiger charge is -2.13. The molecule has 0 bridgehead atoms. The van der Waals surface area contributed by atoms with Crippen LogP contribution in [0.3, 0.4) is 0 Å². The Kier molecular flexibility index (Phi) is 7.11. The molecule has 0 aliphatic rings. The average molecular weight is 471 g/mol. The van der Waals surface area contributed by atoms with E-state index in [0.717, 1.165) is 16.5 Å². The van der Waals surface area contributed by atoms with Gasteiger partial charge in [-0.25, -0.2) is 0 Å². The minimum Gasteiger partial charge on any atom is -0.493 e. The fraction of sp³-hybridized carbons (Fsp3) is 0.148. The number of nitrogens with one attached hydrogen (secondary N) is 2. The number of carbonyl (C=O) groups excluding carboxylic acids is 2. The Hall–Kier alpha value is -4.59. The van der Waals surface area contributed by atoms with E-state index in [-0.39, 0.29) is 12.2 Å². The number of rotatable bonds is 8. The highest BCUT2D eigenvalue weighted by molar-refractivity contribution is 6.06. The number of hydrogen-bond acceptors (Lipinski definition) is 5. The molecule has 4 rings (SSSR count). The van der Waals surface area contributed by atoms with Crippen LogP contribution in [-0.2, 0) is 18.4 Å². The number of nitrogens with zero attached hydrogens (tertiary/aromatic N) is 2. The lowest BCUT2D eigenvalue weighted by molar-refractivity contribution is -0.117. The number of ether oxygens (including phenoxy) is 2. The molecule has 8 nitrogen and oxygen atoms in total. The normalized spacial score (nSPS) is 11.2. The third-order valence-electron chi connectivity index (χ3n) is 5.52. The predicted octanol–water partition coefficient (Wildman–Crippen LogP) is 3.68. The van der Waals surface area contributed by atoms with Crippen molar-refractivity contribution < 1.29 is 19.1 Å². The maximum atomic E-state index is 13.2. The van der Waals surface area contributed by atoms with Gasteiger partial charge in [-0.05, 0) is 42.5 Å². The summed E-state index contributed by atoms with van der Waals surface area (Å²) in [5.41, 5.74) is 2.95. The van der Waals surface area contributed by atoms with Gasteiger partial charge in [0.2, 0.25) is 0 Å². The van der Waals surface area contributed by atoms with Gasteiger partial charge in [0.15, 0.2) is 11.5 Å². The van der Waals surface area contributed by atoms with Crippen LogP contribution < -0.4 is 20.1 Å². The van der Waals surface area contributed by atoms with E-state index in [1.807, 2.05) is 54.2 Å². The van der Waals surface area contributed by atoms with Crippen molar-refractivity contribution in [3.05, 3.63) is 95.6 Å². The molecule has 0 fully saturated rings. The first-order chi connectivity index (χ1) is 17.0. The van der Waals surface area contributed by atoms with Crippen molar-refractivity contribution in [3.8, 4) is 11.5 Å². The summed E-state index contributed by atoms with van der Waals surface area (Å²) >= 11 is 0. The predicted molar refractivity (Wildman–Crippen MR) is 134 cm³/mol. The van der Waals surface area contributed by atoms with Crippen molar-refractivity contribution in [2.75, 3.05) is 14.2 Å². The molecule has 178 valence electrons. The summed E-state index contributed by atoms with van der Waals surface area (Å²) in [6.07, 6.45) is 5.25. The molecule has 8 heteroatoms. The zero-order chi connectivity index (χ0) is 24.8. The fourth-order valence-corrected chi connectivity index (χ4v) is 3.74. The zero-order valence-corrected chi connectivity index (χ0v) is 19.7. The van der Waals surface area contributed by atoms with E-state index in [9.17, 15) is 9.59 Å². The fourth-order valence-electron chi connectivity index (χ4n) is 3.74. The van der Waals surface area contributed by atoms with Crippen LogP contribution in [-0.4, -0.2) is 35.6 Å². The molecule has 2 aromatic heterocycles. The van der Waals surface area contributed by atoms with Crippen LogP contribution in [0, 0.1) is 0 Å². The number of benzene rings is 2. The number of aromatic nitrogens is 2. The first-order valence-corrected chi connectivity index (χ1v) is 11.0. The van der Waals surface area contributed by atoms with E-state index in [2.05, 4.69) is 15.6 Å². The standard InChI is InChI=1S/C27H26N4O4/c1-31-17-19(21-9-4-5-10-23(21)31)14-22(27(33)29-16-20-8-6-7-13-28-20)30-26(32)18-11-12-24(34-2)25(15-18)35-3/h4-15,17H,16H2,1-3H3,(H,29,33)(H,30,32). The van der Waals surface area contributed by atoms with E-state index in [4.69, 9.17) is 9.47 Å². The lowest BCUT2D eigenvalue weighted by atomic mass is 10.1. The van der Waals surface area contributed by atoms with Crippen LogP contribution in [0.15, 0.2) is 78.8 Å². The Bertz CT molecular complexity index is 1390. The number of carbonyl (C=O) groups is 2. The Morgan fingerprint density at radius 1 is 1.00 bits per heavy atom. The van der Waals surface area contributed by atoms with Crippen molar-refractivity contribution in [3.63, 3.8) is 0 Å². The molecule has 0 saturated carbocycles. The van der Waals surface area contributed by atoms with Gasteiger partial charge >= 0.3 is 0 Å². The second kappa shape index (κ2) is 10.6. The highest BCUT2D eigenvalue weighted by atomic mass is 16.5. The minimum atomic E-state index is -0.453. The Labute approximate surface area is 203 Å². The third-order valence-corrected chi connectivity index (χ3v) is 5.52. The topological polar surface area (TPSA) is 94.5 Å². The summed E-state index contributed by atoms with van der Waals surface area (Å²) in [4.78, 5) is 30.5. The minimum absolute atomic E-state index is 0.108. The average Bonchev–Trinajstić information content (AvgIpc) is 3.22. The Morgan fingerprint density at radius 2 is 1.77 bits per heavy atom. The second-order valence-corrected chi connectivity index (χ2v) is 7.80. The molecule has 2 N–H and O–H groups in total. The molecule has 0 aliphatic heterocycles. The summed E-state index contributed by atoms with van der Waals surface area (Å²) in [5, 5.41) is 6.56. The van der Waals surface area contributed by atoms with Crippen LogP contribution in [0.1, 0.15) is 21.6 Å². The highest BCUT2D eigenvalue weighted by Crippen LogP contribution is 2.28. The molecule has 2 aromatic carbocycles. The SMILES string of the molecule is COc1ccc(C(=O)NC(=Cc2cn(C)c3ccccc23)C(=O)NCc2ccccn2)cc1OC. The van der Waals surface area contributed by atoms with Gasteiger partial charge in [0.05, 0.1) is 26.5 Å². The largest absolute Gasteiger partial charge is 0.493 e. The summed E-state index contributed by atoms with van der Waals surface area (Å²) < 4.78 is 12.5. The number of aryl methyl sites for hydroxylation is 1. The zero-order valence-electron chi connectivity index (χ0n) is 19.7. The lowest BCUT2D eigenvalue weighted by Crippen LogP contribution is -2.34. The molecule has 0 unspecified atom stereocenters. The smallest absolute Gasteiger partial charge is 0.268 e. The first-order valence-electron chi connectivity index (χ1n) is 11.0. The quantitative estimate of drug-likeness (QED) is 0.383. The van der Waals surface area contributed by atoms with Crippen molar-refractivity contribution >= 4 is 28.8 Å². The Balaban J connectivity index is 1.66. The van der Waals surface area contributed by atoms with Crippen LogP contribution in [0.5, 0.6) is 11.5 Å². The first kappa shape index (κ1) is 23.6. The van der Waals surface area contributed by atoms with E-state index >= 15 is 0 Å². The van der Waals surface area contributed by atoms with Gasteiger partial charge in [-0.2, -0.15) is 0 Å². The van der Waals surface area contributed by atoms with E-state index in [1.54, 1.807) is 36.5 Å². The summed E-state index contributed by atoms with van der Waals surface area (Å²) in [7, 11) is 4.95. The van der Waals surface area contributed by atoms with Gasteiger partial charge in [-0.1, -0.05) is 24.3 Å². The molecule has 0 saturated heterocycles. The van der Waals surface area contributed by atoms with E-state index in [0.29, 0.717) is 22.8 Å². The molecule has 0 spiro atoms. The number of amides is 2. The van der Waals surface area contributed by atoms with E-state index in [1.165, 1.54) is 14.2 Å². The molecule has 0 atom stereocenters. The van der Waals surface area contributed by atoms with Crippen LogP contribution >= 0.6 is 0 Å². The summed E-state index contributed by atoms with van der Waals surface area (Å²) in [6, 6.07) is 18.1. The monoisotopic (exact) mass is 470 g/mol. The van der Waals surface area contributed by atoms with Crippen LogP contribution in [0.25, 0.3) is 17.0 Å². The van der Waals surface area contributed by atoms with Crippen LogP contribution in [0.2, 0.25) is 0 Å². The molecule has 35 heavy (non-hydrogen) atoms. The van der Waals surface area contributed by atoms with Gasteiger partial charge < -0.3 is 24.7 Å². The van der Waals surface area contributed by atoms with Crippen LogP contribution in [0.4, 0.5) is 0 Å². The molecular formula is C27H26N4O4.